The first-order chi connectivity index (χ1) is 21.2. The summed E-state index contributed by atoms with van der Waals surface area (Å²) in [5, 5.41) is 32.9. The normalized spacial score (nSPS) is 13.7. The van der Waals surface area contributed by atoms with Gasteiger partial charge < -0.3 is 19.7 Å². The molecule has 4 N–H and O–H groups in total. The lowest BCUT2D eigenvalue weighted by Gasteiger charge is -2.26. The number of hydrogen-bond acceptors (Lipinski definition) is 12. The highest BCUT2D eigenvalue weighted by atomic mass is 32.1. The number of esters is 2. The molecule has 4 aromatic rings. The van der Waals surface area contributed by atoms with Gasteiger partial charge in [0, 0.05) is 15.2 Å². The second-order valence-electron chi connectivity index (χ2n) is 10.3. The number of phenols is 2. The van der Waals surface area contributed by atoms with Crippen LogP contribution in [0.2, 0.25) is 0 Å². The number of rotatable bonds is 2. The third kappa shape index (κ3) is 7.31. The molecule has 0 atom stereocenters. The van der Waals surface area contributed by atoms with Crippen LogP contribution in [0.1, 0.15) is 45.7 Å². The highest BCUT2D eigenvalue weighted by Crippen LogP contribution is 2.33. The average Bonchev–Trinajstić information content (AvgIpc) is 3.01. The third-order valence-electron chi connectivity index (χ3n) is 6.86. The van der Waals surface area contributed by atoms with Gasteiger partial charge in [-0.3, -0.25) is 20.4 Å². The highest BCUT2D eigenvalue weighted by molar-refractivity contribution is 7.80. The monoisotopic (exact) mass is 642 g/mol. The molecule has 0 bridgehead atoms. The summed E-state index contributed by atoms with van der Waals surface area (Å²) in [7, 11) is 0. The van der Waals surface area contributed by atoms with Gasteiger partial charge in [0.1, 0.15) is 23.0 Å². The first-order valence-electron chi connectivity index (χ1n) is 13.1. The Labute approximate surface area is 268 Å². The minimum absolute atomic E-state index is 0.151. The standard InChI is InChI=1S/C15H16O2.2C9H5NO3S/c1-15(2,11-3-7-13(16)8-4-11)12-5-9-14(17)10-6-12;2*10-7-8(11)5-3-4(14)1-2-6(5)13-9(7)12/h3-10,16-17H,1-2H3;2*1-3,10,14H. The molecule has 2 heterocycles. The van der Waals surface area contributed by atoms with Crippen molar-refractivity contribution in [2.75, 3.05) is 0 Å². The van der Waals surface area contributed by atoms with E-state index in [1.807, 2.05) is 24.3 Å². The molecule has 0 fully saturated rings. The number of thiol groups is 2. The van der Waals surface area contributed by atoms with E-state index < -0.39 is 34.9 Å². The fourth-order valence-electron chi connectivity index (χ4n) is 4.25. The molecule has 0 aromatic heterocycles. The van der Waals surface area contributed by atoms with Gasteiger partial charge in [0.05, 0.1) is 11.1 Å². The van der Waals surface area contributed by atoms with Gasteiger partial charge in [0.15, 0.2) is 11.4 Å². The maximum atomic E-state index is 11.4. The maximum Gasteiger partial charge on any atom is 0.365 e. The summed E-state index contributed by atoms with van der Waals surface area (Å²) >= 11 is 8.10. The first-order valence-corrected chi connectivity index (χ1v) is 14.0. The smallest absolute Gasteiger partial charge is 0.365 e. The second kappa shape index (κ2) is 13.2. The van der Waals surface area contributed by atoms with E-state index in [0.717, 1.165) is 11.1 Å². The van der Waals surface area contributed by atoms with Gasteiger partial charge in [-0.05, 0) is 71.8 Å². The Balaban J connectivity index is 0.000000155. The number of aromatic hydroxyl groups is 2. The van der Waals surface area contributed by atoms with Crippen LogP contribution in [0.5, 0.6) is 23.0 Å². The van der Waals surface area contributed by atoms with E-state index >= 15 is 0 Å². The lowest BCUT2D eigenvalue weighted by Crippen LogP contribution is -2.32. The maximum absolute atomic E-state index is 11.4. The van der Waals surface area contributed by atoms with Gasteiger partial charge in [-0.2, -0.15) is 0 Å². The molecular weight excluding hydrogens is 617 g/mol. The van der Waals surface area contributed by atoms with E-state index in [0.29, 0.717) is 9.79 Å². The van der Waals surface area contributed by atoms with Gasteiger partial charge in [-0.15, -0.1) is 25.3 Å². The van der Waals surface area contributed by atoms with Gasteiger partial charge >= 0.3 is 11.9 Å². The number of hydrogen-bond donors (Lipinski definition) is 6. The number of Topliss-reactive ketones (excluding diaryl/α,β-unsaturated/α-hetero) is 2. The van der Waals surface area contributed by atoms with Crippen molar-refractivity contribution in [2.24, 2.45) is 0 Å². The molecule has 0 saturated carbocycles. The summed E-state index contributed by atoms with van der Waals surface area (Å²) in [6.07, 6.45) is 0. The molecular formula is C33H26N2O8S2. The number of ketones is 2. The predicted octanol–water partition coefficient (Wildman–Crippen LogP) is 5.62. The number of phenolic OH excluding ortho intramolecular Hbond substituents is 2. The molecule has 45 heavy (non-hydrogen) atoms. The summed E-state index contributed by atoms with van der Waals surface area (Å²) in [5.74, 6) is -2.13. The first kappa shape index (κ1) is 32.7. The van der Waals surface area contributed by atoms with E-state index in [1.54, 1.807) is 36.4 Å². The van der Waals surface area contributed by atoms with Crippen molar-refractivity contribution in [1.29, 1.82) is 10.8 Å². The largest absolute Gasteiger partial charge is 0.508 e. The van der Waals surface area contributed by atoms with Crippen LogP contribution in [-0.2, 0) is 15.0 Å². The molecule has 0 saturated heterocycles. The van der Waals surface area contributed by atoms with E-state index in [4.69, 9.17) is 20.3 Å². The van der Waals surface area contributed by atoms with Crippen molar-refractivity contribution < 1.29 is 38.9 Å². The van der Waals surface area contributed by atoms with E-state index in [-0.39, 0.29) is 39.5 Å². The van der Waals surface area contributed by atoms with Crippen LogP contribution in [0.3, 0.4) is 0 Å². The van der Waals surface area contributed by atoms with Crippen molar-refractivity contribution in [3.8, 4) is 23.0 Å². The van der Waals surface area contributed by atoms with Gasteiger partial charge in [0.25, 0.3) is 0 Å². The van der Waals surface area contributed by atoms with Gasteiger partial charge in [-0.25, -0.2) is 9.59 Å². The minimum atomic E-state index is -0.908. The van der Waals surface area contributed by atoms with Crippen LogP contribution in [-0.4, -0.2) is 45.1 Å². The molecule has 228 valence electrons. The lowest BCUT2D eigenvalue weighted by atomic mass is 9.78. The van der Waals surface area contributed by atoms with E-state index in [9.17, 15) is 29.4 Å². The van der Waals surface area contributed by atoms with Crippen LogP contribution in [0.25, 0.3) is 0 Å². The predicted molar refractivity (Wildman–Crippen MR) is 171 cm³/mol. The second-order valence-corrected chi connectivity index (χ2v) is 11.3. The molecule has 4 aromatic carbocycles. The summed E-state index contributed by atoms with van der Waals surface area (Å²) < 4.78 is 9.50. The molecule has 2 aliphatic heterocycles. The van der Waals surface area contributed by atoms with Crippen molar-refractivity contribution >= 4 is 60.2 Å². The molecule has 0 radical (unpaired) electrons. The quantitative estimate of drug-likeness (QED) is 0.0928. The van der Waals surface area contributed by atoms with E-state index in [1.165, 1.54) is 24.3 Å². The number of carbonyl (C=O) groups excluding carboxylic acids is 4. The molecule has 10 nitrogen and oxygen atoms in total. The lowest BCUT2D eigenvalue weighted by molar-refractivity contribution is -0.128. The Morgan fingerprint density at radius 2 is 0.911 bits per heavy atom. The molecule has 0 aliphatic carbocycles. The Hall–Kier alpha value is -5.20. The zero-order valence-corrected chi connectivity index (χ0v) is 25.6. The third-order valence-corrected chi connectivity index (χ3v) is 7.42. The number of benzene rings is 4. The van der Waals surface area contributed by atoms with Crippen molar-refractivity contribution in [1.82, 2.24) is 0 Å². The van der Waals surface area contributed by atoms with E-state index in [2.05, 4.69) is 39.1 Å². The minimum Gasteiger partial charge on any atom is -0.508 e. The fraction of sp³-hybridized carbons (Fsp3) is 0.0909. The summed E-state index contributed by atoms with van der Waals surface area (Å²) in [6.45, 7) is 4.23. The van der Waals surface area contributed by atoms with Crippen LogP contribution in [0.15, 0.2) is 94.7 Å². The Morgan fingerprint density at radius 3 is 1.24 bits per heavy atom. The molecule has 6 rings (SSSR count). The van der Waals surface area contributed by atoms with Gasteiger partial charge in [0.2, 0.25) is 11.6 Å². The summed E-state index contributed by atoms with van der Waals surface area (Å²) in [5.41, 5.74) is 1.24. The van der Waals surface area contributed by atoms with Crippen LogP contribution >= 0.6 is 25.3 Å². The van der Waals surface area contributed by atoms with Crippen LogP contribution in [0.4, 0.5) is 0 Å². The molecule has 0 spiro atoms. The Bertz CT molecular complexity index is 1730. The summed E-state index contributed by atoms with van der Waals surface area (Å²) in [6, 6.07) is 23.6. The highest BCUT2D eigenvalue weighted by Gasteiger charge is 2.32. The number of carbonyl (C=O) groups is 4. The number of ether oxygens (including phenoxy) is 2. The van der Waals surface area contributed by atoms with Gasteiger partial charge in [-0.1, -0.05) is 38.1 Å². The fourth-order valence-corrected chi connectivity index (χ4v) is 4.66. The Kier molecular flexibility index (Phi) is 9.60. The Morgan fingerprint density at radius 1 is 0.578 bits per heavy atom. The molecule has 0 unspecified atom stereocenters. The van der Waals surface area contributed by atoms with Crippen molar-refractivity contribution in [2.45, 2.75) is 29.1 Å². The van der Waals surface area contributed by atoms with Crippen LogP contribution in [0, 0.1) is 10.8 Å². The SMILES string of the molecule is CC(C)(c1ccc(O)cc1)c1ccc(O)cc1.N=C1C(=O)Oc2ccc(S)cc2C1=O.N=C1C(=O)Oc2ccc(S)cc2C1=O. The zero-order valence-electron chi connectivity index (χ0n) is 23.8. The zero-order chi connectivity index (χ0) is 33.1. The molecule has 12 heteroatoms. The van der Waals surface area contributed by atoms with Crippen LogP contribution < -0.4 is 9.47 Å². The number of fused-ring (bicyclic) bond motifs is 2. The van der Waals surface area contributed by atoms with Crippen molar-refractivity contribution in [3.63, 3.8) is 0 Å². The number of nitrogens with one attached hydrogen (secondary N) is 2. The van der Waals surface area contributed by atoms with Crippen molar-refractivity contribution in [3.05, 3.63) is 107 Å². The molecule has 2 aliphatic rings. The average molecular weight is 643 g/mol. The molecule has 0 amide bonds. The summed E-state index contributed by atoms with van der Waals surface area (Å²) in [4.78, 5) is 45.9. The topological polar surface area (TPSA) is 175 Å².